The minimum atomic E-state index is -0.277. The minimum absolute atomic E-state index is 0.0536. The van der Waals surface area contributed by atoms with Crippen LogP contribution in [0.25, 0.3) is 0 Å². The summed E-state index contributed by atoms with van der Waals surface area (Å²) in [6.07, 6.45) is 3.61. The Balaban J connectivity index is 1.65. The van der Waals surface area contributed by atoms with Crippen LogP contribution in [0.2, 0.25) is 0 Å². The summed E-state index contributed by atoms with van der Waals surface area (Å²) in [6, 6.07) is 11.2. The molecule has 0 aliphatic carbocycles. The number of hydrogen-bond donors (Lipinski definition) is 1. The predicted octanol–water partition coefficient (Wildman–Crippen LogP) is 4.46. The zero-order chi connectivity index (χ0) is 24.0. The van der Waals surface area contributed by atoms with Crippen molar-refractivity contribution in [1.82, 2.24) is 19.4 Å². The van der Waals surface area contributed by atoms with Gasteiger partial charge in [-0.3, -0.25) is 0 Å². The van der Waals surface area contributed by atoms with Gasteiger partial charge < -0.3 is 24.8 Å². The number of benzene rings is 1. The second-order valence-corrected chi connectivity index (χ2v) is 9.15. The van der Waals surface area contributed by atoms with Crippen molar-refractivity contribution in [3.8, 4) is 0 Å². The Labute approximate surface area is 198 Å². The Bertz CT molecular complexity index is 898. The number of fused-ring (bicyclic) bond motifs is 1. The maximum Gasteiger partial charge on any atom is 0.409 e. The van der Waals surface area contributed by atoms with Gasteiger partial charge in [0, 0.05) is 43.3 Å². The molecule has 3 unspecified atom stereocenters. The molecule has 0 saturated carbocycles. The third kappa shape index (κ3) is 5.95. The zero-order valence-electron chi connectivity index (χ0n) is 21.0. The van der Waals surface area contributed by atoms with E-state index in [0.717, 1.165) is 50.3 Å². The maximum atomic E-state index is 12.0. The van der Waals surface area contributed by atoms with Gasteiger partial charge in [0.25, 0.3) is 0 Å². The highest BCUT2D eigenvalue weighted by Gasteiger charge is 2.28. The molecule has 0 spiro atoms. The molecule has 33 heavy (non-hydrogen) atoms. The third-order valence-electron chi connectivity index (χ3n) is 7.10. The lowest BCUT2D eigenvalue weighted by Crippen LogP contribution is -2.38. The fourth-order valence-corrected chi connectivity index (χ4v) is 5.18. The average molecular weight is 456 g/mol. The molecule has 0 bridgehead atoms. The van der Waals surface area contributed by atoms with Crippen LogP contribution in [0, 0.1) is 6.92 Å². The molecule has 0 radical (unpaired) electrons. The van der Waals surface area contributed by atoms with Crippen molar-refractivity contribution in [3.05, 3.63) is 53.1 Å². The first-order valence-electron chi connectivity index (χ1n) is 12.3. The minimum Gasteiger partial charge on any atom is -0.453 e. The molecule has 0 fully saturated rings. The van der Waals surface area contributed by atoms with E-state index in [9.17, 15) is 4.79 Å². The van der Waals surface area contributed by atoms with Crippen molar-refractivity contribution in [3.63, 3.8) is 0 Å². The average Bonchev–Trinajstić information content (AvgIpc) is 3.16. The number of amides is 1. The molecule has 2 aromatic rings. The van der Waals surface area contributed by atoms with Gasteiger partial charge in [-0.1, -0.05) is 44.2 Å². The molecule has 1 amide bonds. The van der Waals surface area contributed by atoms with Crippen molar-refractivity contribution in [1.29, 1.82) is 0 Å². The Morgan fingerprint density at radius 3 is 2.64 bits per heavy atom. The lowest BCUT2D eigenvalue weighted by Gasteiger charge is -2.32. The topological polar surface area (TPSA) is 76.6 Å². The zero-order valence-corrected chi connectivity index (χ0v) is 21.0. The number of nitrogens with zero attached hydrogens (tertiary/aromatic N) is 4. The number of carbonyl (C=O) groups is 1. The number of imidazole rings is 1. The Hall–Kier alpha value is -2.38. The van der Waals surface area contributed by atoms with E-state index in [2.05, 4.69) is 61.4 Å². The fraction of sp³-hybridized carbons (Fsp3) is 0.615. The third-order valence-corrected chi connectivity index (χ3v) is 7.10. The highest BCUT2D eigenvalue weighted by atomic mass is 16.5. The van der Waals surface area contributed by atoms with Gasteiger partial charge in [0.2, 0.25) is 0 Å². The summed E-state index contributed by atoms with van der Waals surface area (Å²) in [5.41, 5.74) is 10.0. The molecule has 3 rings (SSSR count). The van der Waals surface area contributed by atoms with Gasteiger partial charge in [0.05, 0.1) is 19.3 Å². The lowest BCUT2D eigenvalue weighted by molar-refractivity contribution is 0.117. The number of aryl methyl sites for hydroxylation is 1. The molecule has 182 valence electrons. The van der Waals surface area contributed by atoms with Crippen molar-refractivity contribution in [2.45, 2.75) is 78.0 Å². The number of ether oxygens (including phenoxy) is 1. The molecular formula is C26H41N5O2. The van der Waals surface area contributed by atoms with Crippen LogP contribution in [0.1, 0.15) is 74.9 Å². The van der Waals surface area contributed by atoms with E-state index in [-0.39, 0.29) is 12.1 Å². The Morgan fingerprint density at radius 1 is 1.27 bits per heavy atom. The van der Waals surface area contributed by atoms with Gasteiger partial charge >= 0.3 is 6.09 Å². The number of rotatable bonds is 10. The molecule has 1 aliphatic heterocycles. The first-order chi connectivity index (χ1) is 15.9. The van der Waals surface area contributed by atoms with E-state index in [1.807, 2.05) is 6.07 Å². The van der Waals surface area contributed by atoms with Crippen LogP contribution in [0.4, 0.5) is 4.79 Å². The smallest absolute Gasteiger partial charge is 0.409 e. The summed E-state index contributed by atoms with van der Waals surface area (Å²) in [5, 5.41) is 0. The van der Waals surface area contributed by atoms with Crippen molar-refractivity contribution < 1.29 is 9.53 Å². The lowest BCUT2D eigenvalue weighted by atomic mass is 9.99. The van der Waals surface area contributed by atoms with Crippen molar-refractivity contribution in [2.24, 2.45) is 5.73 Å². The fourth-order valence-electron chi connectivity index (χ4n) is 5.18. The highest BCUT2D eigenvalue weighted by molar-refractivity contribution is 5.67. The van der Waals surface area contributed by atoms with E-state index >= 15 is 0 Å². The van der Waals surface area contributed by atoms with E-state index in [4.69, 9.17) is 15.5 Å². The summed E-state index contributed by atoms with van der Waals surface area (Å²) in [5.74, 6) is 1.04. The molecule has 2 N–H and O–H groups in total. The van der Waals surface area contributed by atoms with Gasteiger partial charge in [0.1, 0.15) is 5.82 Å². The van der Waals surface area contributed by atoms with Gasteiger partial charge in [-0.2, -0.15) is 0 Å². The highest BCUT2D eigenvalue weighted by Crippen LogP contribution is 2.28. The summed E-state index contributed by atoms with van der Waals surface area (Å²) in [4.78, 5) is 21.1. The molecule has 1 aromatic heterocycles. The van der Waals surface area contributed by atoms with E-state index < -0.39 is 0 Å². The van der Waals surface area contributed by atoms with Gasteiger partial charge in [-0.25, -0.2) is 9.78 Å². The monoisotopic (exact) mass is 455 g/mol. The molecule has 7 nitrogen and oxygen atoms in total. The van der Waals surface area contributed by atoms with Gasteiger partial charge in [0.15, 0.2) is 0 Å². The Kier molecular flexibility index (Phi) is 8.92. The number of aromatic nitrogens is 2. The second-order valence-electron chi connectivity index (χ2n) is 9.15. The summed E-state index contributed by atoms with van der Waals surface area (Å²) >= 11 is 0. The van der Waals surface area contributed by atoms with Crippen LogP contribution in [0.3, 0.4) is 0 Å². The van der Waals surface area contributed by atoms with E-state index in [1.165, 1.54) is 18.4 Å². The van der Waals surface area contributed by atoms with Crippen molar-refractivity contribution in [2.75, 3.05) is 26.7 Å². The summed E-state index contributed by atoms with van der Waals surface area (Å²) in [6.45, 7) is 12.1. The summed E-state index contributed by atoms with van der Waals surface area (Å²) < 4.78 is 7.33. The van der Waals surface area contributed by atoms with Crippen molar-refractivity contribution >= 4 is 6.09 Å². The Morgan fingerprint density at radius 2 is 2.00 bits per heavy atom. The molecular weight excluding hydrogens is 414 g/mol. The first kappa shape index (κ1) is 25.2. The van der Waals surface area contributed by atoms with Crippen LogP contribution >= 0.6 is 0 Å². The van der Waals surface area contributed by atoms with Crippen LogP contribution in [-0.4, -0.2) is 58.2 Å². The quantitative estimate of drug-likeness (QED) is 0.572. The van der Waals surface area contributed by atoms with Crippen LogP contribution in [-0.2, 0) is 17.7 Å². The van der Waals surface area contributed by atoms with Gasteiger partial charge in [-0.15, -0.1) is 0 Å². The van der Waals surface area contributed by atoms with E-state index in [0.29, 0.717) is 25.2 Å². The molecule has 1 aliphatic rings. The van der Waals surface area contributed by atoms with Crippen LogP contribution in [0.5, 0.6) is 0 Å². The standard InChI is InChI=1S/C26H41N5O2/c1-6-22(31-20(4)28-24-18-30(26(32)33-5)16-14-25(24)31)13-15-29(7-2)19(3)17-23(27)21-11-9-8-10-12-21/h8-12,19,22-23H,6-7,13-18,27H2,1-5H3. The molecule has 2 heterocycles. The first-order valence-corrected chi connectivity index (χ1v) is 12.3. The molecule has 1 aromatic carbocycles. The van der Waals surface area contributed by atoms with E-state index in [1.54, 1.807) is 4.90 Å². The van der Waals surface area contributed by atoms with Crippen LogP contribution < -0.4 is 5.73 Å². The largest absolute Gasteiger partial charge is 0.453 e. The summed E-state index contributed by atoms with van der Waals surface area (Å²) in [7, 11) is 1.43. The molecule has 0 saturated heterocycles. The predicted molar refractivity (Wildman–Crippen MR) is 132 cm³/mol. The molecule has 7 heteroatoms. The molecule has 3 atom stereocenters. The number of nitrogens with two attached hydrogens (primary N) is 1. The number of hydrogen-bond acceptors (Lipinski definition) is 5. The number of methoxy groups -OCH3 is 1. The maximum absolute atomic E-state index is 12.0. The second kappa shape index (κ2) is 11.7. The van der Waals surface area contributed by atoms with Crippen LogP contribution in [0.15, 0.2) is 30.3 Å². The number of carbonyl (C=O) groups excluding carboxylic acids is 1. The normalized spacial score (nSPS) is 16.4. The SMILES string of the molecule is CCC(CCN(CC)C(C)CC(N)c1ccccc1)n1c(C)nc2c1CCN(C(=O)OC)C2. The van der Waals surface area contributed by atoms with Gasteiger partial charge in [-0.05, 0) is 45.2 Å².